The number of hydrogen-bond donors (Lipinski definition) is 1. The van der Waals surface area contributed by atoms with Gasteiger partial charge in [0.05, 0.1) is 0 Å². The molecule has 0 heterocycles. The van der Waals surface area contributed by atoms with Gasteiger partial charge in [-0.3, -0.25) is 14.5 Å². The second-order valence-corrected chi connectivity index (χ2v) is 6.27. The molecule has 0 aliphatic carbocycles. The van der Waals surface area contributed by atoms with E-state index in [0.29, 0.717) is 5.69 Å². The van der Waals surface area contributed by atoms with Crippen molar-refractivity contribution in [2.75, 3.05) is 19.4 Å². The minimum absolute atomic E-state index is 0.106. The molecule has 1 amide bonds. The first-order chi connectivity index (χ1) is 10.8. The molecule has 0 spiro atoms. The molecule has 0 aliphatic rings. The van der Waals surface area contributed by atoms with Gasteiger partial charge < -0.3 is 10.1 Å². The van der Waals surface area contributed by atoms with Gasteiger partial charge in [0.1, 0.15) is 6.04 Å². The summed E-state index contributed by atoms with van der Waals surface area (Å²) in [6, 6.07) is 7.26. The molecule has 1 aromatic rings. The van der Waals surface area contributed by atoms with Gasteiger partial charge in [-0.2, -0.15) is 0 Å². The van der Waals surface area contributed by atoms with Crippen molar-refractivity contribution >= 4 is 17.6 Å². The van der Waals surface area contributed by atoms with Crippen molar-refractivity contribution in [1.29, 1.82) is 0 Å². The van der Waals surface area contributed by atoms with Crippen molar-refractivity contribution in [3.05, 3.63) is 29.8 Å². The molecule has 5 nitrogen and oxygen atoms in total. The van der Waals surface area contributed by atoms with Crippen LogP contribution in [0.25, 0.3) is 0 Å². The standard InChI is InChI=1S/C18H28N2O3/c1-7-14-8-10-15(11-9-14)19-17(21)13(4)23-18(22)16(12(2)3)20(5)6/h8-13,16H,7H2,1-6H3,(H,19,21)/t13-,16-/m1/s1. The van der Waals surface area contributed by atoms with E-state index < -0.39 is 6.10 Å². The predicted octanol–water partition coefficient (Wildman–Crippen LogP) is 2.71. The summed E-state index contributed by atoms with van der Waals surface area (Å²) in [5.41, 5.74) is 1.90. The first kappa shape index (κ1) is 19.2. The molecule has 2 atom stereocenters. The predicted molar refractivity (Wildman–Crippen MR) is 92.3 cm³/mol. The third-order valence-corrected chi connectivity index (χ3v) is 3.72. The minimum atomic E-state index is -0.838. The Balaban J connectivity index is 2.63. The Bertz CT molecular complexity index is 516. The van der Waals surface area contributed by atoms with Crippen LogP contribution in [-0.2, 0) is 20.7 Å². The van der Waals surface area contributed by atoms with Crippen LogP contribution in [0.15, 0.2) is 24.3 Å². The van der Waals surface area contributed by atoms with Gasteiger partial charge in [0, 0.05) is 5.69 Å². The van der Waals surface area contributed by atoms with Crippen molar-refractivity contribution < 1.29 is 14.3 Å². The number of aryl methyl sites for hydroxylation is 1. The average molecular weight is 320 g/mol. The van der Waals surface area contributed by atoms with Crippen molar-refractivity contribution in [1.82, 2.24) is 4.90 Å². The van der Waals surface area contributed by atoms with Gasteiger partial charge in [-0.25, -0.2) is 0 Å². The van der Waals surface area contributed by atoms with Gasteiger partial charge in [-0.05, 0) is 51.1 Å². The molecule has 0 aliphatic heterocycles. The number of benzene rings is 1. The summed E-state index contributed by atoms with van der Waals surface area (Å²) >= 11 is 0. The summed E-state index contributed by atoms with van der Waals surface area (Å²) in [6.45, 7) is 7.56. The number of nitrogens with zero attached hydrogens (tertiary/aromatic N) is 1. The van der Waals surface area contributed by atoms with Crippen molar-refractivity contribution in [2.24, 2.45) is 5.92 Å². The highest BCUT2D eigenvalue weighted by Gasteiger charge is 2.29. The Labute approximate surface area is 139 Å². The number of ether oxygens (including phenoxy) is 1. The van der Waals surface area contributed by atoms with Crippen LogP contribution in [0, 0.1) is 5.92 Å². The number of likely N-dealkylation sites (N-methyl/N-ethyl adjacent to an activating group) is 1. The molecule has 128 valence electrons. The number of esters is 1. The third kappa shape index (κ3) is 5.67. The summed E-state index contributed by atoms with van der Waals surface area (Å²) < 4.78 is 5.32. The van der Waals surface area contributed by atoms with Gasteiger partial charge in [0.15, 0.2) is 6.10 Å². The summed E-state index contributed by atoms with van der Waals surface area (Å²) in [4.78, 5) is 26.2. The highest BCUT2D eigenvalue weighted by atomic mass is 16.5. The molecule has 0 radical (unpaired) electrons. The molecule has 0 saturated heterocycles. The molecule has 23 heavy (non-hydrogen) atoms. The lowest BCUT2D eigenvalue weighted by Crippen LogP contribution is -2.43. The Morgan fingerprint density at radius 3 is 2.13 bits per heavy atom. The van der Waals surface area contributed by atoms with Crippen molar-refractivity contribution in [3.8, 4) is 0 Å². The molecule has 1 N–H and O–H groups in total. The van der Waals surface area contributed by atoms with E-state index in [2.05, 4.69) is 12.2 Å². The highest BCUT2D eigenvalue weighted by Crippen LogP contribution is 2.13. The minimum Gasteiger partial charge on any atom is -0.451 e. The largest absolute Gasteiger partial charge is 0.451 e. The zero-order valence-corrected chi connectivity index (χ0v) is 14.9. The maximum atomic E-state index is 12.2. The van der Waals surface area contributed by atoms with Crippen LogP contribution in [0.5, 0.6) is 0 Å². The highest BCUT2D eigenvalue weighted by molar-refractivity contribution is 5.95. The van der Waals surface area contributed by atoms with Crippen LogP contribution in [0.3, 0.4) is 0 Å². The fourth-order valence-electron chi connectivity index (χ4n) is 2.44. The Kier molecular flexibility index (Phi) is 7.23. The van der Waals surface area contributed by atoms with Gasteiger partial charge >= 0.3 is 5.97 Å². The quantitative estimate of drug-likeness (QED) is 0.785. The lowest BCUT2D eigenvalue weighted by molar-refractivity contribution is -0.159. The van der Waals surface area contributed by atoms with Crippen LogP contribution in [0.4, 0.5) is 5.69 Å². The van der Waals surface area contributed by atoms with E-state index in [9.17, 15) is 9.59 Å². The summed E-state index contributed by atoms with van der Waals surface area (Å²) in [5, 5.41) is 2.77. The van der Waals surface area contributed by atoms with E-state index in [1.54, 1.807) is 11.8 Å². The second kappa shape index (κ2) is 8.67. The summed E-state index contributed by atoms with van der Waals surface area (Å²) in [5.74, 6) is -0.604. The van der Waals surface area contributed by atoms with E-state index in [-0.39, 0.29) is 23.8 Å². The first-order valence-electron chi connectivity index (χ1n) is 8.03. The number of hydrogen-bond acceptors (Lipinski definition) is 4. The van der Waals surface area contributed by atoms with Crippen molar-refractivity contribution in [3.63, 3.8) is 0 Å². The van der Waals surface area contributed by atoms with Gasteiger partial charge in [-0.15, -0.1) is 0 Å². The molecule has 0 bridgehead atoms. The Morgan fingerprint density at radius 1 is 1.13 bits per heavy atom. The number of amides is 1. The number of anilines is 1. The molecule has 5 heteroatoms. The summed E-state index contributed by atoms with van der Waals surface area (Å²) in [6.07, 6.45) is 0.109. The summed E-state index contributed by atoms with van der Waals surface area (Å²) in [7, 11) is 3.65. The lowest BCUT2D eigenvalue weighted by Gasteiger charge is -2.27. The van der Waals surface area contributed by atoms with Crippen LogP contribution >= 0.6 is 0 Å². The zero-order valence-electron chi connectivity index (χ0n) is 14.9. The van der Waals surface area contributed by atoms with E-state index in [1.807, 2.05) is 52.2 Å². The fourth-order valence-corrected chi connectivity index (χ4v) is 2.44. The van der Waals surface area contributed by atoms with E-state index in [0.717, 1.165) is 6.42 Å². The molecule has 0 fully saturated rings. The Morgan fingerprint density at radius 2 is 1.70 bits per heavy atom. The molecule has 0 unspecified atom stereocenters. The van der Waals surface area contributed by atoms with Crippen molar-refractivity contribution in [2.45, 2.75) is 46.3 Å². The van der Waals surface area contributed by atoms with E-state index in [1.165, 1.54) is 5.56 Å². The molecular formula is C18H28N2O3. The zero-order chi connectivity index (χ0) is 17.6. The topological polar surface area (TPSA) is 58.6 Å². The van der Waals surface area contributed by atoms with Gasteiger partial charge in [0.25, 0.3) is 5.91 Å². The third-order valence-electron chi connectivity index (χ3n) is 3.72. The number of carbonyl (C=O) groups excluding carboxylic acids is 2. The number of carbonyl (C=O) groups is 2. The fraction of sp³-hybridized carbons (Fsp3) is 0.556. The SMILES string of the molecule is CCc1ccc(NC(=O)[C@@H](C)OC(=O)[C@@H](C(C)C)N(C)C)cc1. The molecule has 0 saturated carbocycles. The van der Waals surface area contributed by atoms with Crippen LogP contribution < -0.4 is 5.32 Å². The number of rotatable bonds is 7. The second-order valence-electron chi connectivity index (χ2n) is 6.27. The number of nitrogens with one attached hydrogen (secondary N) is 1. The van der Waals surface area contributed by atoms with Gasteiger partial charge in [0.2, 0.25) is 0 Å². The lowest BCUT2D eigenvalue weighted by atomic mass is 10.0. The Hall–Kier alpha value is -1.88. The smallest absolute Gasteiger partial charge is 0.324 e. The maximum absolute atomic E-state index is 12.2. The first-order valence-corrected chi connectivity index (χ1v) is 8.03. The van der Waals surface area contributed by atoms with Gasteiger partial charge in [-0.1, -0.05) is 32.9 Å². The normalized spacial score (nSPS) is 13.7. The van der Waals surface area contributed by atoms with Crippen LogP contribution in [0.1, 0.15) is 33.3 Å². The average Bonchev–Trinajstić information content (AvgIpc) is 2.46. The monoisotopic (exact) mass is 320 g/mol. The molecule has 0 aromatic heterocycles. The van der Waals surface area contributed by atoms with Crippen LogP contribution in [-0.4, -0.2) is 43.0 Å². The van der Waals surface area contributed by atoms with Crippen LogP contribution in [0.2, 0.25) is 0 Å². The molecular weight excluding hydrogens is 292 g/mol. The van der Waals surface area contributed by atoms with E-state index >= 15 is 0 Å². The van der Waals surface area contributed by atoms with E-state index in [4.69, 9.17) is 4.74 Å². The molecule has 1 aromatic carbocycles. The molecule has 1 rings (SSSR count). The maximum Gasteiger partial charge on any atom is 0.324 e.